The van der Waals surface area contributed by atoms with Gasteiger partial charge in [0.1, 0.15) is 0 Å². The van der Waals surface area contributed by atoms with Gasteiger partial charge in [0, 0.05) is 17.2 Å². The molecule has 0 aliphatic heterocycles. The average molecular weight is 325 g/mol. The van der Waals surface area contributed by atoms with Gasteiger partial charge in [-0.25, -0.2) is 0 Å². The van der Waals surface area contributed by atoms with E-state index in [0.717, 1.165) is 4.47 Å². The Labute approximate surface area is 99.0 Å². The number of hydrogen-bond donors (Lipinski definition) is 1. The summed E-state index contributed by atoms with van der Waals surface area (Å²) in [6, 6.07) is 1.71. The first kappa shape index (κ1) is 11.9. The lowest BCUT2D eigenvalue weighted by Crippen LogP contribution is -2.21. The van der Waals surface area contributed by atoms with Crippen LogP contribution >= 0.6 is 31.9 Å². The molecule has 0 aliphatic rings. The zero-order valence-corrected chi connectivity index (χ0v) is 10.9. The van der Waals surface area contributed by atoms with Gasteiger partial charge in [0.25, 0.3) is 5.56 Å². The monoisotopic (exact) mass is 323 g/mol. The third-order valence-corrected chi connectivity index (χ3v) is 2.80. The Kier molecular flexibility index (Phi) is 4.34. The van der Waals surface area contributed by atoms with E-state index in [1.165, 1.54) is 0 Å². The van der Waals surface area contributed by atoms with Gasteiger partial charge in [-0.15, -0.1) is 0 Å². The van der Waals surface area contributed by atoms with Gasteiger partial charge in [0.15, 0.2) is 0 Å². The van der Waals surface area contributed by atoms with Crippen LogP contribution in [-0.4, -0.2) is 15.8 Å². The van der Waals surface area contributed by atoms with Crippen LogP contribution in [0.5, 0.6) is 0 Å². The Morgan fingerprint density at radius 2 is 2.21 bits per heavy atom. The van der Waals surface area contributed by atoms with E-state index in [9.17, 15) is 4.79 Å². The fraction of sp³-hybridized carbons (Fsp3) is 0.444. The van der Waals surface area contributed by atoms with Gasteiger partial charge in [-0.1, -0.05) is 0 Å². The number of aromatic nitrogens is 1. The first-order valence-corrected chi connectivity index (χ1v) is 5.83. The summed E-state index contributed by atoms with van der Waals surface area (Å²) < 4.78 is 2.94. The zero-order chi connectivity index (χ0) is 10.7. The van der Waals surface area contributed by atoms with Crippen molar-refractivity contribution in [1.29, 1.82) is 0 Å². The van der Waals surface area contributed by atoms with Gasteiger partial charge in [-0.05, 0) is 51.3 Å². The van der Waals surface area contributed by atoms with Crippen LogP contribution in [0.1, 0.15) is 13.3 Å². The molecule has 1 N–H and O–H groups in total. The van der Waals surface area contributed by atoms with Crippen molar-refractivity contribution in [2.45, 2.75) is 26.0 Å². The highest BCUT2D eigenvalue weighted by molar-refractivity contribution is 9.11. The first-order chi connectivity index (χ1) is 6.50. The molecular weight excluding hydrogens is 314 g/mol. The predicted molar refractivity (Wildman–Crippen MR) is 62.4 cm³/mol. The van der Waals surface area contributed by atoms with Crippen LogP contribution in [0.2, 0.25) is 0 Å². The van der Waals surface area contributed by atoms with Crippen LogP contribution in [0, 0.1) is 0 Å². The number of rotatable bonds is 3. The Hall–Kier alpha value is -0.130. The molecule has 1 aromatic heterocycles. The molecule has 0 aliphatic carbocycles. The summed E-state index contributed by atoms with van der Waals surface area (Å²) >= 11 is 6.48. The summed E-state index contributed by atoms with van der Waals surface area (Å²) in [6.45, 7) is 2.23. The van der Waals surface area contributed by atoms with Crippen molar-refractivity contribution < 1.29 is 5.11 Å². The molecule has 0 amide bonds. The minimum absolute atomic E-state index is 0.0751. The number of aliphatic hydroxyl groups is 1. The van der Waals surface area contributed by atoms with Crippen molar-refractivity contribution in [3.8, 4) is 0 Å². The molecule has 1 heterocycles. The number of halogens is 2. The summed E-state index contributed by atoms with van der Waals surface area (Å²) in [4.78, 5) is 11.5. The van der Waals surface area contributed by atoms with Crippen molar-refractivity contribution in [3.05, 3.63) is 31.6 Å². The maximum Gasteiger partial charge on any atom is 0.264 e. The van der Waals surface area contributed by atoms with Crippen molar-refractivity contribution >= 4 is 31.9 Å². The van der Waals surface area contributed by atoms with Crippen LogP contribution in [-0.2, 0) is 6.54 Å². The van der Waals surface area contributed by atoms with E-state index in [0.29, 0.717) is 17.4 Å². The number of hydrogen-bond acceptors (Lipinski definition) is 2. The van der Waals surface area contributed by atoms with E-state index in [-0.39, 0.29) is 11.7 Å². The van der Waals surface area contributed by atoms with Crippen molar-refractivity contribution in [2.24, 2.45) is 0 Å². The summed E-state index contributed by atoms with van der Waals surface area (Å²) in [5, 5.41) is 9.10. The summed E-state index contributed by atoms with van der Waals surface area (Å²) in [5.41, 5.74) is -0.0751. The van der Waals surface area contributed by atoms with Crippen molar-refractivity contribution in [1.82, 2.24) is 4.57 Å². The lowest BCUT2D eigenvalue weighted by Gasteiger charge is -2.08. The molecule has 1 rings (SSSR count). The molecule has 78 valence electrons. The van der Waals surface area contributed by atoms with Gasteiger partial charge < -0.3 is 9.67 Å². The van der Waals surface area contributed by atoms with E-state index in [1.807, 2.05) is 0 Å². The normalized spacial score (nSPS) is 12.9. The quantitative estimate of drug-likeness (QED) is 0.925. The van der Waals surface area contributed by atoms with Crippen molar-refractivity contribution in [2.75, 3.05) is 0 Å². The lowest BCUT2D eigenvalue weighted by atomic mass is 10.3. The van der Waals surface area contributed by atoms with Gasteiger partial charge in [0.2, 0.25) is 0 Å². The Morgan fingerprint density at radius 3 is 2.79 bits per heavy atom. The van der Waals surface area contributed by atoms with Crippen LogP contribution in [0.25, 0.3) is 0 Å². The average Bonchev–Trinajstić information content (AvgIpc) is 2.08. The second kappa shape index (κ2) is 5.09. The van der Waals surface area contributed by atoms with Gasteiger partial charge in [-0.3, -0.25) is 4.79 Å². The number of nitrogens with zero attached hydrogens (tertiary/aromatic N) is 1. The number of aliphatic hydroxyl groups excluding tert-OH is 1. The summed E-state index contributed by atoms with van der Waals surface area (Å²) in [7, 11) is 0. The highest BCUT2D eigenvalue weighted by Crippen LogP contribution is 2.13. The molecule has 0 bridgehead atoms. The van der Waals surface area contributed by atoms with Crippen LogP contribution in [0.15, 0.2) is 26.0 Å². The minimum Gasteiger partial charge on any atom is -0.393 e. The molecule has 0 radical (unpaired) electrons. The zero-order valence-electron chi connectivity index (χ0n) is 7.70. The molecule has 1 atom stereocenters. The molecular formula is C9H11Br2NO2. The second-order valence-corrected chi connectivity index (χ2v) is 4.91. The fourth-order valence-electron chi connectivity index (χ4n) is 1.06. The third kappa shape index (κ3) is 3.22. The third-order valence-electron chi connectivity index (χ3n) is 1.80. The largest absolute Gasteiger partial charge is 0.393 e. The Balaban J connectivity index is 2.91. The Morgan fingerprint density at radius 1 is 1.57 bits per heavy atom. The molecule has 1 aromatic rings. The Bertz CT molecular complexity index is 374. The molecule has 0 aromatic carbocycles. The smallest absolute Gasteiger partial charge is 0.264 e. The maximum absolute atomic E-state index is 11.5. The molecule has 14 heavy (non-hydrogen) atoms. The van der Waals surface area contributed by atoms with Crippen LogP contribution < -0.4 is 5.56 Å². The lowest BCUT2D eigenvalue weighted by molar-refractivity contribution is 0.177. The number of pyridine rings is 1. The molecule has 3 nitrogen and oxygen atoms in total. The van der Waals surface area contributed by atoms with Crippen LogP contribution in [0.3, 0.4) is 0 Å². The topological polar surface area (TPSA) is 42.2 Å². The van der Waals surface area contributed by atoms with Crippen LogP contribution in [0.4, 0.5) is 0 Å². The molecule has 0 spiro atoms. The summed E-state index contributed by atoms with van der Waals surface area (Å²) in [5.74, 6) is 0. The second-order valence-electron chi connectivity index (χ2n) is 3.14. The van der Waals surface area contributed by atoms with Gasteiger partial charge >= 0.3 is 0 Å². The van der Waals surface area contributed by atoms with Crippen molar-refractivity contribution in [3.63, 3.8) is 0 Å². The standard InChI is InChI=1S/C9H11Br2NO2/c1-6(13)2-3-12-5-7(10)4-8(11)9(12)14/h4-6,13H,2-3H2,1H3. The van der Waals surface area contributed by atoms with E-state index >= 15 is 0 Å². The predicted octanol–water partition coefficient (Wildman–Crippen LogP) is 2.14. The van der Waals surface area contributed by atoms with E-state index in [4.69, 9.17) is 5.11 Å². The van der Waals surface area contributed by atoms with E-state index < -0.39 is 0 Å². The molecule has 1 unspecified atom stereocenters. The number of aryl methyl sites for hydroxylation is 1. The minimum atomic E-state index is -0.389. The van der Waals surface area contributed by atoms with Gasteiger partial charge in [-0.2, -0.15) is 0 Å². The first-order valence-electron chi connectivity index (χ1n) is 4.24. The highest BCUT2D eigenvalue weighted by Gasteiger charge is 2.04. The van der Waals surface area contributed by atoms with Gasteiger partial charge in [0.05, 0.1) is 10.6 Å². The molecule has 0 saturated carbocycles. The SMILES string of the molecule is CC(O)CCn1cc(Br)cc(Br)c1=O. The van der Waals surface area contributed by atoms with E-state index in [2.05, 4.69) is 31.9 Å². The van der Waals surface area contributed by atoms with E-state index in [1.54, 1.807) is 23.8 Å². The molecule has 0 fully saturated rings. The maximum atomic E-state index is 11.5. The highest BCUT2D eigenvalue weighted by atomic mass is 79.9. The molecule has 0 saturated heterocycles. The fourth-order valence-corrected chi connectivity index (χ4v) is 2.31. The summed E-state index contributed by atoms with van der Waals surface area (Å²) in [6.07, 6.45) is 1.90. The molecule has 5 heteroatoms.